The van der Waals surface area contributed by atoms with Crippen LogP contribution < -0.4 is 20.1 Å². The first kappa shape index (κ1) is 20.3. The van der Waals surface area contributed by atoms with E-state index in [4.69, 9.17) is 9.47 Å². The van der Waals surface area contributed by atoms with Crippen LogP contribution in [-0.4, -0.2) is 43.1 Å². The van der Waals surface area contributed by atoms with E-state index in [-0.39, 0.29) is 18.0 Å². The molecule has 0 spiro atoms. The summed E-state index contributed by atoms with van der Waals surface area (Å²) in [6.07, 6.45) is -0.244. The number of urea groups is 1. The molecule has 3 aromatic carbocycles. The minimum absolute atomic E-state index is 0.136. The number of fused-ring (bicyclic) bond motifs is 1. The minimum atomic E-state index is -0.350. The number of amides is 3. The average Bonchev–Trinajstić information content (AvgIpc) is 2.79. The van der Waals surface area contributed by atoms with Crippen molar-refractivity contribution in [3.63, 3.8) is 0 Å². The molecule has 3 amide bonds. The van der Waals surface area contributed by atoms with Gasteiger partial charge in [0.25, 0.3) is 5.91 Å². The lowest BCUT2D eigenvalue weighted by molar-refractivity contribution is 0.0521. The summed E-state index contributed by atoms with van der Waals surface area (Å²) in [4.78, 5) is 26.5. The second-order valence-electron chi connectivity index (χ2n) is 7.21. The van der Waals surface area contributed by atoms with Gasteiger partial charge in [0.15, 0.2) is 17.6 Å². The van der Waals surface area contributed by atoms with Crippen LogP contribution in [0.2, 0.25) is 0 Å². The van der Waals surface area contributed by atoms with Crippen LogP contribution in [0.25, 0.3) is 0 Å². The van der Waals surface area contributed by atoms with Gasteiger partial charge in [-0.05, 0) is 48.5 Å². The van der Waals surface area contributed by atoms with Crippen molar-refractivity contribution in [2.45, 2.75) is 6.10 Å². The van der Waals surface area contributed by atoms with Gasteiger partial charge in [-0.3, -0.25) is 4.79 Å². The fraction of sp³-hybridized carbons (Fsp3) is 0.167. The maximum absolute atomic E-state index is 12.8. The largest absolute Gasteiger partial charge is 0.486 e. The second kappa shape index (κ2) is 9.21. The summed E-state index contributed by atoms with van der Waals surface area (Å²) in [6.45, 7) is 0.778. The Labute approximate surface area is 180 Å². The van der Waals surface area contributed by atoms with Crippen molar-refractivity contribution in [2.24, 2.45) is 0 Å². The Balaban J connectivity index is 1.31. The smallest absolute Gasteiger partial charge is 0.323 e. The summed E-state index contributed by atoms with van der Waals surface area (Å²) < 4.78 is 11.6. The number of hydrogen-bond donors (Lipinski definition) is 2. The molecule has 0 saturated heterocycles. The summed E-state index contributed by atoms with van der Waals surface area (Å²) in [5, 5.41) is 5.50. The molecule has 0 aromatic heterocycles. The fourth-order valence-electron chi connectivity index (χ4n) is 3.27. The molecule has 1 atom stereocenters. The summed E-state index contributed by atoms with van der Waals surface area (Å²) in [7, 11) is 1.73. The summed E-state index contributed by atoms with van der Waals surface area (Å²) in [6, 6.07) is 23.1. The molecule has 7 heteroatoms. The quantitative estimate of drug-likeness (QED) is 0.651. The number of para-hydroxylation sites is 3. The van der Waals surface area contributed by atoms with Gasteiger partial charge >= 0.3 is 6.03 Å². The number of carbonyl (C=O) groups excluding carboxylic acids is 2. The third-order valence-electron chi connectivity index (χ3n) is 4.81. The zero-order valence-corrected chi connectivity index (χ0v) is 17.1. The van der Waals surface area contributed by atoms with Crippen LogP contribution >= 0.6 is 0 Å². The molecule has 1 unspecified atom stereocenters. The number of anilines is 2. The van der Waals surface area contributed by atoms with E-state index in [1.54, 1.807) is 48.3 Å². The highest BCUT2D eigenvalue weighted by atomic mass is 16.6. The molecule has 1 heterocycles. The molecule has 0 aliphatic carbocycles. The number of nitrogens with zero attached hydrogens (tertiary/aromatic N) is 1. The molecule has 158 valence electrons. The monoisotopic (exact) mass is 417 g/mol. The summed E-state index contributed by atoms with van der Waals surface area (Å²) in [5.74, 6) is 1.26. The maximum atomic E-state index is 12.8. The summed E-state index contributed by atoms with van der Waals surface area (Å²) >= 11 is 0. The van der Waals surface area contributed by atoms with Crippen LogP contribution in [0.1, 0.15) is 10.4 Å². The summed E-state index contributed by atoms with van der Waals surface area (Å²) in [5.41, 5.74) is 1.81. The molecule has 0 radical (unpaired) electrons. The van der Waals surface area contributed by atoms with Crippen molar-refractivity contribution in [3.8, 4) is 11.5 Å². The normalized spacial score (nSPS) is 14.4. The Morgan fingerprint density at radius 3 is 2.19 bits per heavy atom. The van der Waals surface area contributed by atoms with E-state index in [9.17, 15) is 9.59 Å². The Hall–Kier alpha value is -4.00. The topological polar surface area (TPSA) is 79.9 Å². The van der Waals surface area contributed by atoms with Crippen molar-refractivity contribution in [3.05, 3.63) is 84.4 Å². The number of ether oxygens (including phenoxy) is 2. The van der Waals surface area contributed by atoms with Crippen LogP contribution in [0.3, 0.4) is 0 Å². The van der Waals surface area contributed by atoms with Gasteiger partial charge < -0.3 is 25.0 Å². The lowest BCUT2D eigenvalue weighted by Crippen LogP contribution is -2.41. The number of nitrogens with one attached hydrogen (secondary N) is 2. The van der Waals surface area contributed by atoms with Crippen molar-refractivity contribution < 1.29 is 19.1 Å². The molecule has 1 aliphatic heterocycles. The van der Waals surface area contributed by atoms with Gasteiger partial charge in [-0.2, -0.15) is 0 Å². The standard InChI is InChI=1S/C24H23N3O4/c1-27(15-20-16-30-21-9-5-6-10-22(21)31-20)23(28)17-11-13-19(14-12-17)26-24(29)25-18-7-3-2-4-8-18/h2-14,20H,15-16H2,1H3,(H2,25,26,29). The van der Waals surface area contributed by atoms with Gasteiger partial charge in [0.05, 0.1) is 6.54 Å². The maximum Gasteiger partial charge on any atom is 0.323 e. The highest BCUT2D eigenvalue weighted by molar-refractivity contribution is 6.00. The Morgan fingerprint density at radius 2 is 1.48 bits per heavy atom. The van der Waals surface area contributed by atoms with Crippen LogP contribution in [0, 0.1) is 0 Å². The lowest BCUT2D eigenvalue weighted by atomic mass is 10.1. The van der Waals surface area contributed by atoms with Gasteiger partial charge in [0.1, 0.15) is 6.61 Å². The molecular formula is C24H23N3O4. The van der Waals surface area contributed by atoms with E-state index >= 15 is 0 Å². The van der Waals surface area contributed by atoms with Crippen LogP contribution in [0.15, 0.2) is 78.9 Å². The number of hydrogen-bond acceptors (Lipinski definition) is 4. The van der Waals surface area contributed by atoms with Gasteiger partial charge in [-0.25, -0.2) is 4.79 Å². The third-order valence-corrected chi connectivity index (χ3v) is 4.81. The first-order valence-electron chi connectivity index (χ1n) is 9.95. The van der Waals surface area contributed by atoms with Gasteiger partial charge in [0, 0.05) is 24.0 Å². The predicted molar refractivity (Wildman–Crippen MR) is 119 cm³/mol. The number of rotatable bonds is 5. The predicted octanol–water partition coefficient (Wildman–Crippen LogP) is 4.24. The van der Waals surface area contributed by atoms with Crippen molar-refractivity contribution >= 4 is 23.3 Å². The van der Waals surface area contributed by atoms with E-state index < -0.39 is 0 Å². The van der Waals surface area contributed by atoms with Crippen molar-refractivity contribution in [1.82, 2.24) is 4.90 Å². The molecule has 1 aliphatic rings. The zero-order valence-electron chi connectivity index (χ0n) is 17.1. The Kier molecular flexibility index (Phi) is 6.03. The van der Waals surface area contributed by atoms with E-state index in [1.807, 2.05) is 42.5 Å². The number of likely N-dealkylation sites (N-methyl/N-ethyl adjacent to an activating group) is 1. The van der Waals surface area contributed by atoms with E-state index in [0.717, 1.165) is 0 Å². The van der Waals surface area contributed by atoms with E-state index in [0.29, 0.717) is 41.6 Å². The van der Waals surface area contributed by atoms with E-state index in [1.165, 1.54) is 0 Å². The van der Waals surface area contributed by atoms with Gasteiger partial charge in [-0.15, -0.1) is 0 Å². The Bertz CT molecular complexity index is 1050. The molecule has 4 rings (SSSR count). The zero-order chi connectivity index (χ0) is 21.6. The lowest BCUT2D eigenvalue weighted by Gasteiger charge is -2.29. The molecular weight excluding hydrogens is 394 g/mol. The van der Waals surface area contributed by atoms with Gasteiger partial charge in [0.2, 0.25) is 0 Å². The highest BCUT2D eigenvalue weighted by Crippen LogP contribution is 2.31. The second-order valence-corrected chi connectivity index (χ2v) is 7.21. The molecule has 3 aromatic rings. The van der Waals surface area contributed by atoms with Gasteiger partial charge in [-0.1, -0.05) is 30.3 Å². The molecule has 0 fully saturated rings. The van der Waals surface area contributed by atoms with E-state index in [2.05, 4.69) is 10.6 Å². The SMILES string of the molecule is CN(CC1COc2ccccc2O1)C(=O)c1ccc(NC(=O)Nc2ccccc2)cc1. The van der Waals surface area contributed by atoms with Crippen LogP contribution in [-0.2, 0) is 0 Å². The van der Waals surface area contributed by atoms with Crippen LogP contribution in [0.5, 0.6) is 11.5 Å². The fourth-order valence-corrected chi connectivity index (χ4v) is 3.27. The molecule has 7 nitrogen and oxygen atoms in total. The average molecular weight is 417 g/mol. The van der Waals surface area contributed by atoms with Crippen LogP contribution in [0.4, 0.5) is 16.2 Å². The molecule has 31 heavy (non-hydrogen) atoms. The first-order valence-corrected chi connectivity index (χ1v) is 9.95. The Morgan fingerprint density at radius 1 is 0.871 bits per heavy atom. The number of carbonyl (C=O) groups is 2. The molecule has 0 saturated carbocycles. The minimum Gasteiger partial charge on any atom is -0.486 e. The molecule has 2 N–H and O–H groups in total. The third kappa shape index (κ3) is 5.14. The van der Waals surface area contributed by atoms with Crippen molar-refractivity contribution in [2.75, 3.05) is 30.8 Å². The van der Waals surface area contributed by atoms with Crippen molar-refractivity contribution in [1.29, 1.82) is 0 Å². The number of benzene rings is 3. The molecule has 0 bridgehead atoms. The highest BCUT2D eigenvalue weighted by Gasteiger charge is 2.24. The first-order chi connectivity index (χ1) is 15.1.